The van der Waals surface area contributed by atoms with Crippen molar-refractivity contribution in [2.24, 2.45) is 0 Å². The molecule has 1 aromatic rings. The van der Waals surface area contributed by atoms with Gasteiger partial charge >= 0.3 is 5.97 Å². The molecule has 0 bridgehead atoms. The maximum absolute atomic E-state index is 13.7. The Morgan fingerprint density at radius 2 is 2.25 bits per heavy atom. The van der Waals surface area contributed by atoms with Crippen LogP contribution in [0.2, 0.25) is 0 Å². The molecule has 1 aliphatic carbocycles. The molecule has 1 aromatic carbocycles. The Kier molecular flexibility index (Phi) is 4.74. The minimum atomic E-state index is -1.05. The van der Waals surface area contributed by atoms with E-state index in [9.17, 15) is 9.18 Å². The second-order valence-electron chi connectivity index (χ2n) is 4.83. The fourth-order valence-electron chi connectivity index (χ4n) is 2.12. The number of methoxy groups -OCH3 is 1. The molecule has 0 heterocycles. The van der Waals surface area contributed by atoms with Crippen LogP contribution >= 0.6 is 0 Å². The number of hydrogen-bond acceptors (Lipinski definition) is 3. The third kappa shape index (κ3) is 4.06. The van der Waals surface area contributed by atoms with Gasteiger partial charge in [0.25, 0.3) is 0 Å². The number of carbonyl (C=O) groups is 1. The van der Waals surface area contributed by atoms with Gasteiger partial charge in [-0.25, -0.2) is 9.18 Å². The van der Waals surface area contributed by atoms with Crippen molar-refractivity contribution < 1.29 is 19.0 Å². The standard InChI is InChI=1S/C15H18FNO3/c1-20-7-6-17(13-3-4-13)14-9-11(2-5-15(18)19)8-12(16)10-14/h2,5,8-10,13H,3-4,6-7H2,1H3,(H,18,19)/b5-2+. The molecule has 0 spiro atoms. The van der Waals surface area contributed by atoms with E-state index >= 15 is 0 Å². The van der Waals surface area contributed by atoms with E-state index in [1.807, 2.05) is 0 Å². The normalized spacial score (nSPS) is 14.7. The smallest absolute Gasteiger partial charge is 0.328 e. The summed E-state index contributed by atoms with van der Waals surface area (Å²) in [5, 5.41) is 8.63. The van der Waals surface area contributed by atoms with Crippen LogP contribution in [0.5, 0.6) is 0 Å². The number of rotatable bonds is 7. The molecule has 2 rings (SSSR count). The zero-order chi connectivity index (χ0) is 14.5. The van der Waals surface area contributed by atoms with E-state index in [-0.39, 0.29) is 5.82 Å². The first kappa shape index (κ1) is 14.5. The average molecular weight is 279 g/mol. The molecule has 5 heteroatoms. The molecule has 1 N–H and O–H groups in total. The summed E-state index contributed by atoms with van der Waals surface area (Å²) in [5.74, 6) is -1.41. The van der Waals surface area contributed by atoms with Gasteiger partial charge in [-0.15, -0.1) is 0 Å². The molecule has 0 aromatic heterocycles. The lowest BCUT2D eigenvalue weighted by atomic mass is 10.1. The van der Waals surface area contributed by atoms with E-state index in [2.05, 4.69) is 4.90 Å². The largest absolute Gasteiger partial charge is 0.478 e. The van der Waals surface area contributed by atoms with Crippen LogP contribution in [-0.4, -0.2) is 37.4 Å². The minimum Gasteiger partial charge on any atom is -0.478 e. The van der Waals surface area contributed by atoms with Crippen LogP contribution in [0, 0.1) is 5.82 Å². The van der Waals surface area contributed by atoms with Crippen LogP contribution in [0.25, 0.3) is 6.08 Å². The second-order valence-corrected chi connectivity index (χ2v) is 4.83. The zero-order valence-corrected chi connectivity index (χ0v) is 11.4. The van der Waals surface area contributed by atoms with Crippen molar-refractivity contribution >= 4 is 17.7 Å². The Morgan fingerprint density at radius 1 is 1.50 bits per heavy atom. The van der Waals surface area contributed by atoms with Crippen LogP contribution in [0.15, 0.2) is 24.3 Å². The summed E-state index contributed by atoms with van der Waals surface area (Å²) >= 11 is 0. The van der Waals surface area contributed by atoms with E-state index in [1.165, 1.54) is 18.2 Å². The number of halogens is 1. The van der Waals surface area contributed by atoms with Crippen molar-refractivity contribution in [3.05, 3.63) is 35.7 Å². The number of benzene rings is 1. The Morgan fingerprint density at radius 3 is 2.85 bits per heavy atom. The summed E-state index contributed by atoms with van der Waals surface area (Å²) in [4.78, 5) is 12.6. The van der Waals surface area contributed by atoms with Crippen molar-refractivity contribution in [1.29, 1.82) is 0 Å². The first-order chi connectivity index (χ1) is 9.60. The molecule has 0 saturated heterocycles. The fraction of sp³-hybridized carbons (Fsp3) is 0.400. The van der Waals surface area contributed by atoms with Crippen LogP contribution in [0.3, 0.4) is 0 Å². The van der Waals surface area contributed by atoms with Gasteiger partial charge in [-0.3, -0.25) is 0 Å². The van der Waals surface area contributed by atoms with Crippen LogP contribution in [0.4, 0.5) is 10.1 Å². The molecular formula is C15H18FNO3. The molecule has 0 atom stereocenters. The molecule has 0 unspecified atom stereocenters. The summed E-state index contributed by atoms with van der Waals surface area (Å²) in [6.07, 6.45) is 4.60. The third-order valence-electron chi connectivity index (χ3n) is 3.18. The highest BCUT2D eigenvalue weighted by atomic mass is 19.1. The van der Waals surface area contributed by atoms with Crippen molar-refractivity contribution in [3.8, 4) is 0 Å². The van der Waals surface area contributed by atoms with E-state index in [1.54, 1.807) is 13.2 Å². The lowest BCUT2D eigenvalue weighted by Crippen LogP contribution is -2.29. The molecule has 20 heavy (non-hydrogen) atoms. The van der Waals surface area contributed by atoms with Crippen molar-refractivity contribution in [3.63, 3.8) is 0 Å². The highest BCUT2D eigenvalue weighted by Gasteiger charge is 2.29. The van der Waals surface area contributed by atoms with Crippen LogP contribution < -0.4 is 4.90 Å². The summed E-state index contributed by atoms with van der Waals surface area (Å²) < 4.78 is 18.8. The maximum atomic E-state index is 13.7. The predicted octanol–water partition coefficient (Wildman–Crippen LogP) is 2.54. The van der Waals surface area contributed by atoms with Gasteiger partial charge in [-0.05, 0) is 42.7 Å². The Labute approximate surface area is 117 Å². The van der Waals surface area contributed by atoms with Gasteiger partial charge in [-0.2, -0.15) is 0 Å². The molecule has 4 nitrogen and oxygen atoms in total. The predicted molar refractivity (Wildman–Crippen MR) is 75.3 cm³/mol. The first-order valence-corrected chi connectivity index (χ1v) is 6.57. The monoisotopic (exact) mass is 279 g/mol. The number of nitrogens with zero attached hydrogens (tertiary/aromatic N) is 1. The molecule has 1 aliphatic rings. The summed E-state index contributed by atoms with van der Waals surface area (Å²) in [6.45, 7) is 1.28. The Balaban J connectivity index is 2.22. The van der Waals surface area contributed by atoms with Gasteiger partial charge in [0.05, 0.1) is 6.61 Å². The highest BCUT2D eigenvalue weighted by molar-refractivity contribution is 5.85. The van der Waals surface area contributed by atoms with Gasteiger partial charge < -0.3 is 14.7 Å². The van der Waals surface area contributed by atoms with Crippen LogP contribution in [0.1, 0.15) is 18.4 Å². The molecule has 0 aliphatic heterocycles. The number of carboxylic acid groups (broad SMARTS) is 1. The summed E-state index contributed by atoms with van der Waals surface area (Å²) in [6, 6.07) is 5.04. The molecule has 0 amide bonds. The Hall–Kier alpha value is -1.88. The molecule has 1 fully saturated rings. The molecule has 0 radical (unpaired) electrons. The number of carboxylic acids is 1. The first-order valence-electron chi connectivity index (χ1n) is 6.57. The van der Waals surface area contributed by atoms with E-state index in [0.29, 0.717) is 24.8 Å². The van der Waals surface area contributed by atoms with Gasteiger partial charge in [0.1, 0.15) is 5.82 Å². The topological polar surface area (TPSA) is 49.8 Å². The number of hydrogen-bond donors (Lipinski definition) is 1. The lowest BCUT2D eigenvalue weighted by molar-refractivity contribution is -0.131. The van der Waals surface area contributed by atoms with Crippen molar-refractivity contribution in [2.75, 3.05) is 25.2 Å². The zero-order valence-electron chi connectivity index (χ0n) is 11.4. The quantitative estimate of drug-likeness (QED) is 0.779. The van der Waals surface area contributed by atoms with E-state index < -0.39 is 5.97 Å². The maximum Gasteiger partial charge on any atom is 0.328 e. The highest BCUT2D eigenvalue weighted by Crippen LogP contribution is 2.32. The van der Waals surface area contributed by atoms with Gasteiger partial charge in [-0.1, -0.05) is 0 Å². The van der Waals surface area contributed by atoms with Gasteiger partial charge in [0.2, 0.25) is 0 Å². The van der Waals surface area contributed by atoms with Crippen LogP contribution in [-0.2, 0) is 9.53 Å². The lowest BCUT2D eigenvalue weighted by Gasteiger charge is -2.24. The number of aliphatic carboxylic acids is 1. The summed E-state index contributed by atoms with van der Waals surface area (Å²) in [5.41, 5.74) is 1.32. The van der Waals surface area contributed by atoms with Gasteiger partial charge in [0.15, 0.2) is 0 Å². The van der Waals surface area contributed by atoms with E-state index in [0.717, 1.165) is 24.6 Å². The molecule has 1 saturated carbocycles. The third-order valence-corrected chi connectivity index (χ3v) is 3.18. The molecule has 108 valence electrons. The fourth-order valence-corrected chi connectivity index (χ4v) is 2.12. The number of anilines is 1. The van der Waals surface area contributed by atoms with Gasteiger partial charge in [0, 0.05) is 31.5 Å². The minimum absolute atomic E-state index is 0.365. The number of ether oxygens (including phenoxy) is 1. The van der Waals surface area contributed by atoms with E-state index in [4.69, 9.17) is 9.84 Å². The van der Waals surface area contributed by atoms with Crippen molar-refractivity contribution in [1.82, 2.24) is 0 Å². The Bertz CT molecular complexity index is 512. The molecular weight excluding hydrogens is 261 g/mol. The average Bonchev–Trinajstić information content (AvgIpc) is 3.21. The SMILES string of the molecule is COCCN(c1cc(F)cc(/C=C/C(=O)O)c1)C1CC1. The summed E-state index contributed by atoms with van der Waals surface area (Å²) in [7, 11) is 1.64. The van der Waals surface area contributed by atoms with Crippen molar-refractivity contribution in [2.45, 2.75) is 18.9 Å². The second kappa shape index (κ2) is 6.52.